The quantitative estimate of drug-likeness (QED) is 0.890. The molecule has 0 fully saturated rings. The summed E-state index contributed by atoms with van der Waals surface area (Å²) in [5.74, 6) is -0.881. The minimum absolute atomic E-state index is 0.00109. The van der Waals surface area contributed by atoms with Gasteiger partial charge in [0.2, 0.25) is 0 Å². The first-order valence-electron chi connectivity index (χ1n) is 5.72. The Morgan fingerprint density at radius 1 is 1.44 bits per heavy atom. The van der Waals surface area contributed by atoms with Gasteiger partial charge in [0.1, 0.15) is 0 Å². The lowest BCUT2D eigenvalue weighted by molar-refractivity contribution is -0.136. The Hall–Kier alpha value is -1.56. The van der Waals surface area contributed by atoms with Gasteiger partial charge in [-0.05, 0) is 19.1 Å². The fraction of sp³-hybridized carbons (Fsp3) is 0.417. The minimum atomic E-state index is -3.28. The maximum absolute atomic E-state index is 12.1. The molecule has 0 aromatic heterocycles. The molecule has 1 unspecified atom stereocenters. The van der Waals surface area contributed by atoms with E-state index < -0.39 is 21.1 Å². The van der Waals surface area contributed by atoms with Crippen LogP contribution in [0.4, 0.5) is 5.69 Å². The largest absolute Gasteiger partial charge is 0.481 e. The van der Waals surface area contributed by atoms with Gasteiger partial charge in [0.05, 0.1) is 22.3 Å². The second-order valence-corrected chi connectivity index (χ2v) is 6.75. The van der Waals surface area contributed by atoms with Crippen LogP contribution < -0.4 is 4.90 Å². The molecule has 1 aromatic carbocycles. The summed E-state index contributed by atoms with van der Waals surface area (Å²) in [6.45, 7) is 2.32. The topological polar surface area (TPSA) is 74.7 Å². The van der Waals surface area contributed by atoms with Crippen LogP contribution in [0.5, 0.6) is 0 Å². The molecule has 98 valence electrons. The molecule has 1 atom stereocenters. The van der Waals surface area contributed by atoms with Gasteiger partial charge in [-0.3, -0.25) is 4.79 Å². The highest BCUT2D eigenvalue weighted by atomic mass is 32.2. The van der Waals surface area contributed by atoms with Crippen LogP contribution in [-0.4, -0.2) is 37.8 Å². The van der Waals surface area contributed by atoms with Crippen LogP contribution in [-0.2, 0) is 14.6 Å². The van der Waals surface area contributed by atoms with Gasteiger partial charge >= 0.3 is 5.97 Å². The van der Waals surface area contributed by atoms with E-state index in [1.807, 2.05) is 4.90 Å². The molecule has 5 nitrogen and oxygen atoms in total. The number of sulfone groups is 1. The van der Waals surface area contributed by atoms with Crippen molar-refractivity contribution in [1.82, 2.24) is 0 Å². The molecule has 18 heavy (non-hydrogen) atoms. The Labute approximate surface area is 106 Å². The number of hydrogen-bond acceptors (Lipinski definition) is 4. The number of carboxylic acids is 1. The Balaban J connectivity index is 2.39. The summed E-state index contributed by atoms with van der Waals surface area (Å²) >= 11 is 0. The predicted octanol–water partition coefficient (Wildman–Crippen LogP) is 1.14. The minimum Gasteiger partial charge on any atom is -0.481 e. The fourth-order valence-electron chi connectivity index (χ4n) is 2.12. The number of anilines is 1. The van der Waals surface area contributed by atoms with E-state index in [0.29, 0.717) is 23.7 Å². The fourth-order valence-corrected chi connectivity index (χ4v) is 3.69. The third kappa shape index (κ3) is 2.20. The zero-order valence-electron chi connectivity index (χ0n) is 10.0. The molecule has 0 bridgehead atoms. The van der Waals surface area contributed by atoms with Gasteiger partial charge in [-0.2, -0.15) is 0 Å². The number of carbonyl (C=O) groups is 1. The molecule has 1 aromatic rings. The third-order valence-electron chi connectivity index (χ3n) is 3.12. The van der Waals surface area contributed by atoms with Crippen molar-refractivity contribution in [2.45, 2.75) is 23.5 Å². The summed E-state index contributed by atoms with van der Waals surface area (Å²) in [6, 6.07) is 6.75. The maximum Gasteiger partial charge on any atom is 0.305 e. The number of para-hydroxylation sites is 1. The lowest BCUT2D eigenvalue weighted by Gasteiger charge is -2.34. The van der Waals surface area contributed by atoms with E-state index in [4.69, 9.17) is 5.11 Å². The molecule has 1 aliphatic rings. The number of nitrogens with zero attached hydrogens (tertiary/aromatic N) is 1. The smallest absolute Gasteiger partial charge is 0.305 e. The average molecular weight is 269 g/mol. The first-order chi connectivity index (χ1) is 8.43. The second kappa shape index (κ2) is 4.61. The van der Waals surface area contributed by atoms with Crippen LogP contribution in [0.1, 0.15) is 13.3 Å². The summed E-state index contributed by atoms with van der Waals surface area (Å²) in [5, 5.41) is 8.20. The van der Waals surface area contributed by atoms with Crippen molar-refractivity contribution in [3.8, 4) is 0 Å². The van der Waals surface area contributed by atoms with E-state index in [-0.39, 0.29) is 6.42 Å². The molecule has 0 spiro atoms. The van der Waals surface area contributed by atoms with Crippen LogP contribution in [0.15, 0.2) is 29.2 Å². The number of carboxylic acid groups (broad SMARTS) is 1. The molecule has 2 rings (SSSR count). The van der Waals surface area contributed by atoms with Crippen LogP contribution in [0.25, 0.3) is 0 Å². The molecule has 0 amide bonds. The molecule has 0 aliphatic carbocycles. The summed E-state index contributed by atoms with van der Waals surface area (Å²) in [5.41, 5.74) is 0.608. The van der Waals surface area contributed by atoms with Gasteiger partial charge in [-0.25, -0.2) is 8.42 Å². The van der Waals surface area contributed by atoms with E-state index in [1.165, 1.54) is 0 Å². The van der Waals surface area contributed by atoms with Crippen molar-refractivity contribution in [2.24, 2.45) is 0 Å². The van der Waals surface area contributed by atoms with Gasteiger partial charge in [0.25, 0.3) is 0 Å². The van der Waals surface area contributed by atoms with E-state index in [2.05, 4.69) is 0 Å². The predicted molar refractivity (Wildman–Crippen MR) is 67.6 cm³/mol. The summed E-state index contributed by atoms with van der Waals surface area (Å²) < 4.78 is 24.3. The molecule has 1 N–H and O–H groups in total. The molecular weight excluding hydrogens is 254 g/mol. The van der Waals surface area contributed by atoms with Gasteiger partial charge in [0, 0.05) is 13.1 Å². The normalized spacial score (nSPS) is 21.4. The summed E-state index contributed by atoms with van der Waals surface area (Å²) in [7, 11) is -3.28. The van der Waals surface area contributed by atoms with Crippen molar-refractivity contribution in [3.05, 3.63) is 24.3 Å². The van der Waals surface area contributed by atoms with Crippen molar-refractivity contribution >= 4 is 21.5 Å². The summed E-state index contributed by atoms with van der Waals surface area (Å²) in [4.78, 5) is 12.7. The first kappa shape index (κ1) is 12.9. The number of hydrogen-bond donors (Lipinski definition) is 1. The molecule has 1 aliphatic heterocycles. The highest BCUT2D eigenvalue weighted by molar-refractivity contribution is 7.92. The molecule has 0 radical (unpaired) electrons. The van der Waals surface area contributed by atoms with Crippen molar-refractivity contribution in [3.63, 3.8) is 0 Å². The van der Waals surface area contributed by atoms with Crippen molar-refractivity contribution in [2.75, 3.05) is 18.0 Å². The zero-order chi connectivity index (χ0) is 13.3. The summed E-state index contributed by atoms with van der Waals surface area (Å²) in [6.07, 6.45) is 0.00109. The Kier molecular flexibility index (Phi) is 3.30. The first-order valence-corrected chi connectivity index (χ1v) is 7.27. The van der Waals surface area contributed by atoms with E-state index in [9.17, 15) is 13.2 Å². The van der Waals surface area contributed by atoms with E-state index in [0.717, 1.165) is 0 Å². The Bertz CT molecular complexity index is 567. The van der Waals surface area contributed by atoms with Gasteiger partial charge in [-0.15, -0.1) is 0 Å². The van der Waals surface area contributed by atoms with Crippen molar-refractivity contribution in [1.29, 1.82) is 0 Å². The van der Waals surface area contributed by atoms with Crippen LogP contribution in [0.2, 0.25) is 0 Å². The van der Waals surface area contributed by atoms with Crippen LogP contribution in [0.3, 0.4) is 0 Å². The maximum atomic E-state index is 12.1. The number of rotatable bonds is 3. The second-order valence-electron chi connectivity index (χ2n) is 4.41. The molecule has 1 heterocycles. The lowest BCUT2D eigenvalue weighted by atomic mass is 10.2. The molecule has 0 saturated carbocycles. The van der Waals surface area contributed by atoms with Crippen molar-refractivity contribution < 1.29 is 18.3 Å². The standard InChI is InChI=1S/C12H15NO4S/c1-9-8-13(7-6-12(14)15)10-4-2-3-5-11(10)18(9,16)17/h2-5,9H,6-8H2,1H3,(H,14,15). The monoisotopic (exact) mass is 269 g/mol. The van der Waals surface area contributed by atoms with Gasteiger partial charge in [-0.1, -0.05) is 12.1 Å². The molecule has 0 saturated heterocycles. The lowest BCUT2D eigenvalue weighted by Crippen LogP contribution is -2.41. The average Bonchev–Trinajstić information content (AvgIpc) is 2.32. The van der Waals surface area contributed by atoms with Crippen LogP contribution >= 0.6 is 0 Å². The molecule has 6 heteroatoms. The number of aliphatic carboxylic acids is 1. The highest BCUT2D eigenvalue weighted by Crippen LogP contribution is 2.33. The SMILES string of the molecule is CC1CN(CCC(=O)O)c2ccccc2S1(=O)=O. The van der Waals surface area contributed by atoms with E-state index in [1.54, 1.807) is 31.2 Å². The molecular formula is C12H15NO4S. The van der Waals surface area contributed by atoms with E-state index >= 15 is 0 Å². The highest BCUT2D eigenvalue weighted by Gasteiger charge is 2.34. The number of fused-ring (bicyclic) bond motifs is 1. The van der Waals surface area contributed by atoms with Crippen LogP contribution in [0, 0.1) is 0 Å². The number of benzene rings is 1. The third-order valence-corrected chi connectivity index (χ3v) is 5.28. The van der Waals surface area contributed by atoms with Gasteiger partial charge < -0.3 is 10.0 Å². The Morgan fingerprint density at radius 2 is 2.11 bits per heavy atom. The Morgan fingerprint density at radius 3 is 2.78 bits per heavy atom. The zero-order valence-corrected chi connectivity index (χ0v) is 10.9. The van der Waals surface area contributed by atoms with Gasteiger partial charge in [0.15, 0.2) is 9.84 Å².